The molecule has 0 spiro atoms. The lowest BCUT2D eigenvalue weighted by Crippen LogP contribution is -2.36. The molecular weight excluding hydrogens is 332 g/mol. The van der Waals surface area contributed by atoms with Gasteiger partial charge in [-0.2, -0.15) is 5.26 Å². The van der Waals surface area contributed by atoms with Gasteiger partial charge in [0, 0.05) is 13.1 Å². The van der Waals surface area contributed by atoms with Crippen molar-refractivity contribution in [2.45, 2.75) is 32.4 Å². The zero-order chi connectivity index (χ0) is 18.7. The van der Waals surface area contributed by atoms with Crippen molar-refractivity contribution in [3.8, 4) is 6.07 Å². The molecular formula is C19H22N4O3. The molecule has 0 bridgehead atoms. The smallest absolute Gasteiger partial charge is 0.273 e. The van der Waals surface area contributed by atoms with Crippen LogP contribution in [0.3, 0.4) is 0 Å². The summed E-state index contributed by atoms with van der Waals surface area (Å²) in [5, 5.41) is 28.2. The van der Waals surface area contributed by atoms with Crippen LogP contribution >= 0.6 is 0 Å². The number of nitrogens with zero attached hydrogens (tertiary/aromatic N) is 4. The Morgan fingerprint density at radius 3 is 2.42 bits per heavy atom. The van der Waals surface area contributed by atoms with Gasteiger partial charge in [0.25, 0.3) is 5.56 Å². The molecule has 0 radical (unpaired) electrons. The summed E-state index contributed by atoms with van der Waals surface area (Å²) in [5.74, 6) is 0.816. The molecule has 1 aromatic heterocycles. The summed E-state index contributed by atoms with van der Waals surface area (Å²) in [6.07, 6.45) is 0.584. The lowest BCUT2D eigenvalue weighted by Gasteiger charge is -2.24. The number of anilines is 1. The first-order valence-corrected chi connectivity index (χ1v) is 8.67. The third kappa shape index (κ3) is 3.47. The Balaban J connectivity index is 1.96. The molecule has 2 aromatic rings. The molecule has 0 unspecified atom stereocenters. The van der Waals surface area contributed by atoms with Crippen molar-refractivity contribution in [2.24, 2.45) is 0 Å². The monoisotopic (exact) mass is 354 g/mol. The number of benzene rings is 1. The minimum Gasteiger partial charge on any atom is -0.394 e. The van der Waals surface area contributed by atoms with Gasteiger partial charge in [-0.15, -0.1) is 0 Å². The van der Waals surface area contributed by atoms with Crippen LogP contribution in [0.15, 0.2) is 29.1 Å². The molecule has 7 heteroatoms. The van der Waals surface area contributed by atoms with Crippen molar-refractivity contribution in [3.63, 3.8) is 0 Å². The minimum absolute atomic E-state index is 0.0216. The predicted octanol–water partition coefficient (Wildman–Crippen LogP) is 0.382. The van der Waals surface area contributed by atoms with Crippen LogP contribution in [0.2, 0.25) is 0 Å². The zero-order valence-corrected chi connectivity index (χ0v) is 14.7. The maximum Gasteiger partial charge on any atom is 0.273 e. The van der Waals surface area contributed by atoms with E-state index in [1.54, 1.807) is 6.92 Å². The summed E-state index contributed by atoms with van der Waals surface area (Å²) >= 11 is 0. The molecule has 3 rings (SSSR count). The number of aromatic nitrogens is 2. The SMILES string of the molecule is Cc1nc(N2CCc3ccccc3CC2)c(C#N)c(=O)n1C[C@H](O)CO. The molecule has 7 nitrogen and oxygen atoms in total. The molecule has 26 heavy (non-hydrogen) atoms. The fourth-order valence-corrected chi connectivity index (χ4v) is 3.34. The molecule has 0 saturated heterocycles. The Hall–Kier alpha value is -2.69. The van der Waals surface area contributed by atoms with Crippen molar-refractivity contribution in [1.82, 2.24) is 9.55 Å². The summed E-state index contributed by atoms with van der Waals surface area (Å²) in [6, 6.07) is 10.2. The highest BCUT2D eigenvalue weighted by Crippen LogP contribution is 2.21. The molecule has 2 N–H and O–H groups in total. The highest BCUT2D eigenvalue weighted by Gasteiger charge is 2.22. The van der Waals surface area contributed by atoms with Crippen LogP contribution in [0.1, 0.15) is 22.5 Å². The Bertz CT molecular complexity index is 874. The van der Waals surface area contributed by atoms with Crippen molar-refractivity contribution in [3.05, 3.63) is 57.1 Å². The fraction of sp³-hybridized carbons (Fsp3) is 0.421. The van der Waals surface area contributed by atoms with E-state index in [9.17, 15) is 15.2 Å². The molecule has 1 atom stereocenters. The van der Waals surface area contributed by atoms with Crippen molar-refractivity contribution in [2.75, 3.05) is 24.6 Å². The van der Waals surface area contributed by atoms with Crippen LogP contribution in [-0.4, -0.2) is 45.6 Å². The normalized spacial score (nSPS) is 15.1. The summed E-state index contributed by atoms with van der Waals surface area (Å²) in [6.45, 7) is 2.49. The van der Waals surface area contributed by atoms with Gasteiger partial charge in [0.1, 0.15) is 11.9 Å². The number of fused-ring (bicyclic) bond motifs is 1. The van der Waals surface area contributed by atoms with E-state index >= 15 is 0 Å². The number of aliphatic hydroxyl groups is 2. The molecule has 1 aromatic carbocycles. The summed E-state index contributed by atoms with van der Waals surface area (Å²) in [7, 11) is 0. The number of hydrogen-bond acceptors (Lipinski definition) is 6. The molecule has 0 aliphatic carbocycles. The predicted molar refractivity (Wildman–Crippen MR) is 97.1 cm³/mol. The van der Waals surface area contributed by atoms with Gasteiger partial charge in [-0.05, 0) is 30.9 Å². The highest BCUT2D eigenvalue weighted by molar-refractivity contribution is 5.54. The van der Waals surface area contributed by atoms with Crippen molar-refractivity contribution in [1.29, 1.82) is 5.26 Å². The average molecular weight is 354 g/mol. The standard InChI is InChI=1S/C19H22N4O3/c1-13-21-18(17(10-20)19(26)23(13)11-16(25)12-24)22-8-6-14-4-2-3-5-15(14)7-9-22/h2-5,16,24-25H,6-9,11-12H2,1H3/t16-/m0/s1. The number of rotatable bonds is 4. The van der Waals surface area contributed by atoms with E-state index in [1.807, 2.05) is 23.1 Å². The third-order valence-electron chi connectivity index (χ3n) is 4.78. The second-order valence-corrected chi connectivity index (χ2v) is 6.48. The number of aryl methyl sites for hydroxylation is 1. The largest absolute Gasteiger partial charge is 0.394 e. The topological polar surface area (TPSA) is 102 Å². The van der Waals surface area contributed by atoms with Crippen molar-refractivity contribution >= 4 is 5.82 Å². The first kappa shape index (κ1) is 18.1. The van der Waals surface area contributed by atoms with Crippen LogP contribution < -0.4 is 10.5 Å². The number of hydrogen-bond donors (Lipinski definition) is 2. The van der Waals surface area contributed by atoms with E-state index in [1.165, 1.54) is 15.7 Å². The molecule has 1 aliphatic heterocycles. The molecule has 0 fully saturated rings. The third-order valence-corrected chi connectivity index (χ3v) is 4.78. The number of nitriles is 1. The summed E-state index contributed by atoms with van der Waals surface area (Å²) in [5.41, 5.74) is 2.06. The van der Waals surface area contributed by atoms with Gasteiger partial charge >= 0.3 is 0 Å². The minimum atomic E-state index is -1.07. The Labute approximate surface area is 151 Å². The molecule has 0 amide bonds. The van der Waals surface area contributed by atoms with Gasteiger partial charge in [-0.1, -0.05) is 24.3 Å². The van der Waals surface area contributed by atoms with E-state index in [2.05, 4.69) is 17.1 Å². The summed E-state index contributed by atoms with van der Waals surface area (Å²) in [4.78, 5) is 19.2. The first-order valence-electron chi connectivity index (χ1n) is 8.67. The maximum absolute atomic E-state index is 12.7. The van der Waals surface area contributed by atoms with Gasteiger partial charge in [0.2, 0.25) is 0 Å². The molecule has 136 valence electrons. The Morgan fingerprint density at radius 2 is 1.88 bits per heavy atom. The van der Waals surface area contributed by atoms with E-state index in [0.29, 0.717) is 24.7 Å². The zero-order valence-electron chi connectivity index (χ0n) is 14.7. The Morgan fingerprint density at radius 1 is 1.27 bits per heavy atom. The van der Waals surface area contributed by atoms with Crippen LogP contribution in [0.4, 0.5) is 5.82 Å². The quantitative estimate of drug-likeness (QED) is 0.823. The second kappa shape index (κ2) is 7.68. The van der Waals surface area contributed by atoms with Crippen LogP contribution in [0, 0.1) is 18.3 Å². The second-order valence-electron chi connectivity index (χ2n) is 6.48. The van der Waals surface area contributed by atoms with E-state index in [0.717, 1.165) is 12.8 Å². The average Bonchev–Trinajstić information content (AvgIpc) is 2.87. The fourth-order valence-electron chi connectivity index (χ4n) is 3.34. The van der Waals surface area contributed by atoms with E-state index in [-0.39, 0.29) is 12.1 Å². The lowest BCUT2D eigenvalue weighted by atomic mass is 10.0. The van der Waals surface area contributed by atoms with Crippen molar-refractivity contribution < 1.29 is 10.2 Å². The van der Waals surface area contributed by atoms with Crippen LogP contribution in [-0.2, 0) is 19.4 Å². The maximum atomic E-state index is 12.7. The molecule has 1 aliphatic rings. The van der Waals surface area contributed by atoms with Gasteiger partial charge in [-0.25, -0.2) is 4.98 Å². The van der Waals surface area contributed by atoms with Gasteiger partial charge < -0.3 is 15.1 Å². The molecule has 2 heterocycles. The lowest BCUT2D eigenvalue weighted by molar-refractivity contribution is 0.0795. The van der Waals surface area contributed by atoms with Gasteiger partial charge in [0.05, 0.1) is 19.3 Å². The van der Waals surface area contributed by atoms with E-state index in [4.69, 9.17) is 5.11 Å². The number of aliphatic hydroxyl groups excluding tert-OH is 2. The van der Waals surface area contributed by atoms with Crippen LogP contribution in [0.5, 0.6) is 0 Å². The summed E-state index contributed by atoms with van der Waals surface area (Å²) < 4.78 is 1.25. The first-order chi connectivity index (χ1) is 12.5. The van der Waals surface area contributed by atoms with Gasteiger partial charge in [0.15, 0.2) is 11.4 Å². The van der Waals surface area contributed by atoms with Crippen LogP contribution in [0.25, 0.3) is 0 Å². The molecule has 0 saturated carbocycles. The highest BCUT2D eigenvalue weighted by atomic mass is 16.3. The van der Waals surface area contributed by atoms with E-state index < -0.39 is 18.3 Å². The Kier molecular flexibility index (Phi) is 5.35. The van der Waals surface area contributed by atoms with Gasteiger partial charge in [-0.3, -0.25) is 9.36 Å².